The van der Waals surface area contributed by atoms with Crippen molar-refractivity contribution >= 4 is 23.3 Å². The molecule has 2 heterocycles. The van der Waals surface area contributed by atoms with Gasteiger partial charge in [0.05, 0.1) is 6.20 Å². The van der Waals surface area contributed by atoms with Crippen molar-refractivity contribution < 1.29 is 4.79 Å². The lowest BCUT2D eigenvalue weighted by Crippen LogP contribution is -2.16. The normalized spacial score (nSPS) is 10.1. The summed E-state index contributed by atoms with van der Waals surface area (Å²) in [6.07, 6.45) is 2.99. The topological polar surface area (TPSA) is 83.6 Å². The largest absolute Gasteiger partial charge is 0.305 e. The average Bonchev–Trinajstić information content (AvgIpc) is 2.99. The molecule has 1 N–H and O–H groups in total. The number of anilines is 1. The summed E-state index contributed by atoms with van der Waals surface area (Å²) in [7, 11) is 0. The third kappa shape index (κ3) is 3.05. The van der Waals surface area contributed by atoms with Crippen molar-refractivity contribution in [1.29, 1.82) is 5.26 Å². The minimum atomic E-state index is -0.365. The molecule has 112 valence electrons. The van der Waals surface area contributed by atoms with Gasteiger partial charge >= 0.3 is 0 Å². The standard InChI is InChI=1S/C16H10ClN5O/c17-13-6-4-11(5-7-13)16(23)21-15-12(9-18)10-20-22(15)14-3-1-2-8-19-14/h1-8,10H,(H,21,23). The van der Waals surface area contributed by atoms with Gasteiger partial charge in [-0.1, -0.05) is 17.7 Å². The predicted octanol–water partition coefficient (Wildman–Crippen LogP) is 3.04. The Balaban J connectivity index is 1.96. The van der Waals surface area contributed by atoms with E-state index in [2.05, 4.69) is 15.4 Å². The summed E-state index contributed by atoms with van der Waals surface area (Å²) in [4.78, 5) is 16.5. The Morgan fingerprint density at radius 3 is 2.65 bits per heavy atom. The highest BCUT2D eigenvalue weighted by Gasteiger charge is 2.16. The number of nitrogens with zero attached hydrogens (tertiary/aromatic N) is 4. The molecule has 6 nitrogen and oxygen atoms in total. The van der Waals surface area contributed by atoms with Crippen LogP contribution in [0.25, 0.3) is 5.82 Å². The van der Waals surface area contributed by atoms with E-state index in [0.29, 0.717) is 16.4 Å². The summed E-state index contributed by atoms with van der Waals surface area (Å²) in [5, 5.41) is 16.6. The van der Waals surface area contributed by atoms with Crippen molar-refractivity contribution in [2.45, 2.75) is 0 Å². The Labute approximate surface area is 137 Å². The monoisotopic (exact) mass is 323 g/mol. The van der Waals surface area contributed by atoms with E-state index in [4.69, 9.17) is 11.6 Å². The van der Waals surface area contributed by atoms with E-state index in [1.165, 1.54) is 10.9 Å². The fourth-order valence-corrected chi connectivity index (χ4v) is 2.11. The van der Waals surface area contributed by atoms with E-state index < -0.39 is 0 Å². The highest BCUT2D eigenvalue weighted by Crippen LogP contribution is 2.19. The number of hydrogen-bond donors (Lipinski definition) is 1. The van der Waals surface area contributed by atoms with Crippen molar-refractivity contribution in [3.63, 3.8) is 0 Å². The molecule has 0 aliphatic heterocycles. The number of nitriles is 1. The lowest BCUT2D eigenvalue weighted by molar-refractivity contribution is 0.102. The van der Waals surface area contributed by atoms with E-state index in [0.717, 1.165) is 0 Å². The number of hydrogen-bond acceptors (Lipinski definition) is 4. The van der Waals surface area contributed by atoms with Crippen LogP contribution in [-0.4, -0.2) is 20.7 Å². The smallest absolute Gasteiger partial charge is 0.256 e. The summed E-state index contributed by atoms with van der Waals surface area (Å²) < 4.78 is 1.41. The van der Waals surface area contributed by atoms with Gasteiger partial charge in [0.1, 0.15) is 11.6 Å². The molecule has 7 heteroatoms. The van der Waals surface area contributed by atoms with Gasteiger partial charge in [-0.15, -0.1) is 0 Å². The molecule has 0 spiro atoms. The maximum absolute atomic E-state index is 12.3. The maximum Gasteiger partial charge on any atom is 0.256 e. The second-order valence-corrected chi connectivity index (χ2v) is 5.02. The fourth-order valence-electron chi connectivity index (χ4n) is 1.98. The summed E-state index contributed by atoms with van der Waals surface area (Å²) in [6, 6.07) is 13.7. The number of rotatable bonds is 3. The number of halogens is 1. The molecule has 0 aliphatic carbocycles. The van der Waals surface area contributed by atoms with Crippen LogP contribution in [0, 0.1) is 11.3 Å². The van der Waals surface area contributed by atoms with Gasteiger partial charge in [-0.2, -0.15) is 15.0 Å². The minimum Gasteiger partial charge on any atom is -0.305 e. The van der Waals surface area contributed by atoms with Crippen LogP contribution in [0.3, 0.4) is 0 Å². The average molecular weight is 324 g/mol. The van der Waals surface area contributed by atoms with Gasteiger partial charge in [0.25, 0.3) is 5.91 Å². The molecule has 3 rings (SSSR count). The summed E-state index contributed by atoms with van der Waals surface area (Å²) in [6.45, 7) is 0. The minimum absolute atomic E-state index is 0.248. The zero-order valence-electron chi connectivity index (χ0n) is 11.8. The van der Waals surface area contributed by atoms with Gasteiger partial charge in [0.2, 0.25) is 0 Å². The zero-order valence-corrected chi connectivity index (χ0v) is 12.5. The quantitative estimate of drug-likeness (QED) is 0.803. The van der Waals surface area contributed by atoms with E-state index in [1.54, 1.807) is 48.7 Å². The van der Waals surface area contributed by atoms with Gasteiger partial charge in [-0.25, -0.2) is 4.98 Å². The van der Waals surface area contributed by atoms with E-state index in [9.17, 15) is 10.1 Å². The van der Waals surface area contributed by atoms with Crippen LogP contribution in [0.2, 0.25) is 5.02 Å². The number of amides is 1. The number of pyridine rings is 1. The molecule has 1 aromatic carbocycles. The summed E-state index contributed by atoms with van der Waals surface area (Å²) in [5.41, 5.74) is 0.671. The SMILES string of the molecule is N#Cc1cnn(-c2ccccn2)c1NC(=O)c1ccc(Cl)cc1. The lowest BCUT2D eigenvalue weighted by atomic mass is 10.2. The van der Waals surface area contributed by atoms with Gasteiger partial charge in [0.15, 0.2) is 11.6 Å². The van der Waals surface area contributed by atoms with E-state index in [-0.39, 0.29) is 17.3 Å². The van der Waals surface area contributed by atoms with Gasteiger partial charge in [-0.3, -0.25) is 4.79 Å². The molecule has 2 aromatic heterocycles. The molecule has 0 saturated carbocycles. The molecule has 0 fully saturated rings. The Morgan fingerprint density at radius 1 is 1.22 bits per heavy atom. The number of carbonyl (C=O) groups excluding carboxylic acids is 1. The zero-order chi connectivity index (χ0) is 16.2. The molecule has 1 amide bonds. The molecular formula is C16H10ClN5O. The van der Waals surface area contributed by atoms with Crippen LogP contribution >= 0.6 is 11.6 Å². The molecule has 3 aromatic rings. The molecule has 0 aliphatic rings. The van der Waals surface area contributed by atoms with E-state index >= 15 is 0 Å². The van der Waals surface area contributed by atoms with Crippen LogP contribution in [-0.2, 0) is 0 Å². The van der Waals surface area contributed by atoms with Gasteiger partial charge in [0, 0.05) is 16.8 Å². The van der Waals surface area contributed by atoms with Gasteiger partial charge < -0.3 is 5.32 Å². The molecule has 0 radical (unpaired) electrons. The van der Waals surface area contributed by atoms with Crippen LogP contribution in [0.15, 0.2) is 54.9 Å². The maximum atomic E-state index is 12.3. The Kier molecular flexibility index (Phi) is 4.04. The van der Waals surface area contributed by atoms with Crippen LogP contribution in [0.4, 0.5) is 5.82 Å². The second-order valence-electron chi connectivity index (χ2n) is 4.58. The number of aromatic nitrogens is 3. The first-order valence-corrected chi connectivity index (χ1v) is 7.03. The van der Waals surface area contributed by atoms with Crippen molar-refractivity contribution in [2.24, 2.45) is 0 Å². The Morgan fingerprint density at radius 2 is 2.00 bits per heavy atom. The molecule has 0 bridgehead atoms. The third-order valence-electron chi connectivity index (χ3n) is 3.09. The third-order valence-corrected chi connectivity index (χ3v) is 3.35. The molecule has 0 saturated heterocycles. The van der Waals surface area contributed by atoms with Crippen molar-refractivity contribution in [1.82, 2.24) is 14.8 Å². The first-order valence-electron chi connectivity index (χ1n) is 6.65. The first-order chi connectivity index (χ1) is 11.2. The number of nitrogens with one attached hydrogen (secondary N) is 1. The number of carbonyl (C=O) groups is 1. The fraction of sp³-hybridized carbons (Fsp3) is 0. The Hall–Kier alpha value is -3.17. The Bertz CT molecular complexity index is 881. The highest BCUT2D eigenvalue weighted by molar-refractivity contribution is 6.30. The summed E-state index contributed by atoms with van der Waals surface area (Å²) >= 11 is 5.81. The number of benzene rings is 1. The predicted molar refractivity (Wildman–Crippen MR) is 85.5 cm³/mol. The highest BCUT2D eigenvalue weighted by atomic mass is 35.5. The first kappa shape index (κ1) is 14.8. The summed E-state index contributed by atoms with van der Waals surface area (Å²) in [5.74, 6) is 0.405. The van der Waals surface area contributed by atoms with Crippen molar-refractivity contribution in [3.05, 3.63) is 71.0 Å². The van der Waals surface area contributed by atoms with Crippen molar-refractivity contribution in [2.75, 3.05) is 5.32 Å². The van der Waals surface area contributed by atoms with Crippen LogP contribution in [0.5, 0.6) is 0 Å². The van der Waals surface area contributed by atoms with Crippen molar-refractivity contribution in [3.8, 4) is 11.9 Å². The van der Waals surface area contributed by atoms with Crippen LogP contribution < -0.4 is 5.32 Å². The molecular weight excluding hydrogens is 314 g/mol. The molecule has 23 heavy (non-hydrogen) atoms. The van der Waals surface area contributed by atoms with Gasteiger partial charge in [-0.05, 0) is 36.4 Å². The van der Waals surface area contributed by atoms with E-state index in [1.807, 2.05) is 6.07 Å². The molecule has 0 atom stereocenters. The molecule has 0 unspecified atom stereocenters. The second kappa shape index (κ2) is 6.30. The van der Waals surface area contributed by atoms with Crippen LogP contribution in [0.1, 0.15) is 15.9 Å². The lowest BCUT2D eigenvalue weighted by Gasteiger charge is -2.09.